The Bertz CT molecular complexity index is 855. The molecule has 2 aromatic carbocycles. The molecule has 0 bridgehead atoms. The van der Waals surface area contributed by atoms with Gasteiger partial charge in [0.25, 0.3) is 0 Å². The highest BCUT2D eigenvalue weighted by Gasteiger charge is 2.27. The van der Waals surface area contributed by atoms with Crippen LogP contribution in [0.2, 0.25) is 0 Å². The van der Waals surface area contributed by atoms with Crippen LogP contribution >= 0.6 is 15.9 Å². The van der Waals surface area contributed by atoms with Crippen LogP contribution < -0.4 is 10.1 Å². The van der Waals surface area contributed by atoms with Crippen LogP contribution in [0.3, 0.4) is 0 Å². The van der Waals surface area contributed by atoms with E-state index in [1.807, 2.05) is 0 Å². The number of nitrogens with one attached hydrogen (secondary N) is 1. The van der Waals surface area contributed by atoms with Gasteiger partial charge in [0.05, 0.1) is 18.6 Å². The lowest BCUT2D eigenvalue weighted by Crippen LogP contribution is -2.38. The summed E-state index contributed by atoms with van der Waals surface area (Å²) in [5, 5.41) is 2.68. The first-order chi connectivity index (χ1) is 11.9. The molecule has 1 N–H and O–H groups in total. The van der Waals surface area contributed by atoms with Crippen molar-refractivity contribution in [1.82, 2.24) is 4.31 Å². The van der Waals surface area contributed by atoms with Crippen molar-refractivity contribution in [1.29, 1.82) is 0 Å². The highest BCUT2D eigenvalue weighted by molar-refractivity contribution is 9.10. The largest absolute Gasteiger partial charge is 0.497 e. The molecule has 1 amide bonds. The van der Waals surface area contributed by atoms with Crippen molar-refractivity contribution in [3.63, 3.8) is 0 Å². The van der Waals surface area contributed by atoms with E-state index in [9.17, 15) is 13.2 Å². The van der Waals surface area contributed by atoms with Crippen LogP contribution in [-0.4, -0.2) is 38.8 Å². The number of halogens is 1. The number of carbonyl (C=O) groups excluding carboxylic acids is 1. The third kappa shape index (κ3) is 4.81. The number of ether oxygens (including phenoxy) is 1. The minimum atomic E-state index is -3.78. The monoisotopic (exact) mass is 426 g/mol. The number of benzene rings is 2. The summed E-state index contributed by atoms with van der Waals surface area (Å²) in [4.78, 5) is 12.4. The molecule has 0 fully saturated rings. The number of carbonyl (C=O) groups is 1. The Morgan fingerprint density at radius 2 is 1.92 bits per heavy atom. The first-order valence-electron chi connectivity index (χ1n) is 7.57. The lowest BCUT2D eigenvalue weighted by molar-refractivity contribution is -0.116. The Morgan fingerprint density at radius 1 is 1.20 bits per heavy atom. The van der Waals surface area contributed by atoms with Crippen LogP contribution in [0.4, 0.5) is 5.69 Å². The van der Waals surface area contributed by atoms with Gasteiger partial charge in [-0.1, -0.05) is 25.1 Å². The highest BCUT2D eigenvalue weighted by atomic mass is 79.9. The van der Waals surface area contributed by atoms with Gasteiger partial charge in [-0.2, -0.15) is 4.31 Å². The number of nitrogens with zero attached hydrogens (tertiary/aromatic N) is 1. The molecule has 0 aromatic heterocycles. The van der Waals surface area contributed by atoms with Gasteiger partial charge in [-0.3, -0.25) is 4.79 Å². The number of likely N-dealkylation sites (N-methyl/N-ethyl adjacent to an activating group) is 1. The molecular weight excluding hydrogens is 408 g/mol. The number of hydrogen-bond donors (Lipinski definition) is 1. The molecule has 6 nitrogen and oxygen atoms in total. The van der Waals surface area contributed by atoms with Gasteiger partial charge in [0.1, 0.15) is 5.75 Å². The molecule has 0 unspecified atom stereocenters. The minimum Gasteiger partial charge on any atom is -0.497 e. The predicted octanol–water partition coefficient (Wildman–Crippen LogP) is 3.11. The topological polar surface area (TPSA) is 75.7 Å². The van der Waals surface area contributed by atoms with Crippen LogP contribution in [0.25, 0.3) is 0 Å². The van der Waals surface area contributed by atoms with Gasteiger partial charge in [0, 0.05) is 22.8 Å². The summed E-state index contributed by atoms with van der Waals surface area (Å²) in [6.07, 6.45) is 0. The highest BCUT2D eigenvalue weighted by Crippen LogP contribution is 2.24. The molecular formula is C17H19BrN2O4S. The fourth-order valence-electron chi connectivity index (χ4n) is 2.22. The van der Waals surface area contributed by atoms with Gasteiger partial charge in [-0.25, -0.2) is 8.42 Å². The summed E-state index contributed by atoms with van der Waals surface area (Å²) in [6, 6.07) is 13.4. The lowest BCUT2D eigenvalue weighted by Gasteiger charge is -2.20. The normalized spacial score (nSPS) is 11.4. The Balaban J connectivity index is 2.15. The third-order valence-electron chi connectivity index (χ3n) is 3.48. The second-order valence-corrected chi connectivity index (χ2v) is 7.90. The first kappa shape index (κ1) is 19.4. The molecule has 0 atom stereocenters. The molecule has 0 saturated heterocycles. The van der Waals surface area contributed by atoms with Crippen molar-refractivity contribution in [2.75, 3.05) is 25.5 Å². The number of amides is 1. The van der Waals surface area contributed by atoms with E-state index in [-0.39, 0.29) is 18.0 Å². The van der Waals surface area contributed by atoms with E-state index in [2.05, 4.69) is 21.2 Å². The van der Waals surface area contributed by atoms with E-state index in [0.29, 0.717) is 15.9 Å². The Labute approximate surface area is 156 Å². The molecule has 134 valence electrons. The van der Waals surface area contributed by atoms with Gasteiger partial charge in [0.15, 0.2) is 0 Å². The van der Waals surface area contributed by atoms with E-state index in [1.54, 1.807) is 49.4 Å². The smallest absolute Gasteiger partial charge is 0.244 e. The Kier molecular flexibility index (Phi) is 6.57. The number of anilines is 1. The van der Waals surface area contributed by atoms with Gasteiger partial charge in [-0.05, 0) is 40.2 Å². The zero-order valence-corrected chi connectivity index (χ0v) is 16.3. The molecule has 25 heavy (non-hydrogen) atoms. The average Bonchev–Trinajstić information content (AvgIpc) is 2.59. The van der Waals surface area contributed by atoms with Crippen LogP contribution in [0, 0.1) is 0 Å². The van der Waals surface area contributed by atoms with Crippen molar-refractivity contribution in [3.8, 4) is 5.75 Å². The van der Waals surface area contributed by atoms with E-state index in [0.717, 1.165) is 4.31 Å². The van der Waals surface area contributed by atoms with Gasteiger partial charge in [-0.15, -0.1) is 0 Å². The molecule has 2 aromatic rings. The zero-order chi connectivity index (χ0) is 18.4. The lowest BCUT2D eigenvalue weighted by atomic mass is 10.3. The maximum Gasteiger partial charge on any atom is 0.244 e. The predicted molar refractivity (Wildman–Crippen MR) is 100 cm³/mol. The third-order valence-corrected chi connectivity index (χ3v) is 6.41. The maximum atomic E-state index is 12.8. The average molecular weight is 427 g/mol. The number of hydrogen-bond acceptors (Lipinski definition) is 4. The molecule has 0 aliphatic carbocycles. The van der Waals surface area contributed by atoms with Crippen LogP contribution in [-0.2, 0) is 14.8 Å². The quantitative estimate of drug-likeness (QED) is 0.737. The molecule has 0 aliphatic heterocycles. The summed E-state index contributed by atoms with van der Waals surface area (Å²) in [5.41, 5.74) is 0.540. The molecule has 0 aliphatic rings. The summed E-state index contributed by atoms with van der Waals surface area (Å²) >= 11 is 3.25. The molecule has 0 heterocycles. The molecule has 0 spiro atoms. The number of sulfonamides is 1. The fourth-order valence-corrected chi connectivity index (χ4v) is 4.59. The Hall–Kier alpha value is -1.90. The van der Waals surface area contributed by atoms with Gasteiger partial charge in [0.2, 0.25) is 15.9 Å². The van der Waals surface area contributed by atoms with E-state index >= 15 is 0 Å². The second-order valence-electron chi connectivity index (χ2n) is 5.14. The minimum absolute atomic E-state index is 0.131. The SMILES string of the molecule is CCN(CC(=O)Nc1cccc(OC)c1)S(=O)(=O)c1ccccc1Br. The zero-order valence-electron chi connectivity index (χ0n) is 13.9. The fraction of sp³-hybridized carbons (Fsp3) is 0.235. The van der Waals surface area contributed by atoms with Crippen LogP contribution in [0.15, 0.2) is 57.9 Å². The van der Waals surface area contributed by atoms with E-state index in [4.69, 9.17) is 4.74 Å². The molecule has 0 saturated carbocycles. The van der Waals surface area contributed by atoms with Crippen molar-refractivity contribution in [2.24, 2.45) is 0 Å². The summed E-state index contributed by atoms with van der Waals surface area (Å²) < 4.78 is 32.2. The molecule has 0 radical (unpaired) electrons. The first-order valence-corrected chi connectivity index (χ1v) is 9.80. The molecule has 8 heteroatoms. The van der Waals surface area contributed by atoms with E-state index < -0.39 is 15.9 Å². The summed E-state index contributed by atoms with van der Waals surface area (Å²) in [7, 11) is -2.25. The number of rotatable bonds is 7. The standard InChI is InChI=1S/C17H19BrN2O4S/c1-3-20(25(22,23)16-10-5-4-9-15(16)18)12-17(21)19-13-7-6-8-14(11-13)24-2/h4-11H,3,12H2,1-2H3,(H,19,21). The number of methoxy groups -OCH3 is 1. The Morgan fingerprint density at radius 3 is 2.56 bits per heavy atom. The van der Waals surface area contributed by atoms with Crippen LogP contribution in [0.5, 0.6) is 5.75 Å². The van der Waals surface area contributed by atoms with Crippen molar-refractivity contribution in [2.45, 2.75) is 11.8 Å². The van der Waals surface area contributed by atoms with Crippen molar-refractivity contribution < 1.29 is 17.9 Å². The van der Waals surface area contributed by atoms with E-state index in [1.165, 1.54) is 13.2 Å². The van der Waals surface area contributed by atoms with Gasteiger partial charge >= 0.3 is 0 Å². The molecule has 2 rings (SSSR count). The second kappa shape index (κ2) is 8.46. The maximum absolute atomic E-state index is 12.8. The summed E-state index contributed by atoms with van der Waals surface area (Å²) in [6.45, 7) is 1.58. The van der Waals surface area contributed by atoms with Crippen molar-refractivity contribution >= 4 is 37.5 Å². The summed E-state index contributed by atoms with van der Waals surface area (Å²) in [5.74, 6) is 0.178. The van der Waals surface area contributed by atoms with Gasteiger partial charge < -0.3 is 10.1 Å². The van der Waals surface area contributed by atoms with Crippen LogP contribution in [0.1, 0.15) is 6.92 Å². The van der Waals surface area contributed by atoms with Crippen molar-refractivity contribution in [3.05, 3.63) is 53.0 Å².